The van der Waals surface area contributed by atoms with Gasteiger partial charge in [0.15, 0.2) is 17.3 Å². The van der Waals surface area contributed by atoms with E-state index >= 15 is 0 Å². The van der Waals surface area contributed by atoms with Crippen LogP contribution in [0, 0.1) is 0 Å². The summed E-state index contributed by atoms with van der Waals surface area (Å²) in [6.45, 7) is -0.501. The highest BCUT2D eigenvalue weighted by molar-refractivity contribution is 6.02. The number of nitrogen functional groups attached to an aromatic ring is 1. The van der Waals surface area contributed by atoms with Gasteiger partial charge in [-0.1, -0.05) is 6.07 Å². The van der Waals surface area contributed by atoms with Crippen molar-refractivity contribution in [1.29, 1.82) is 0 Å². The number of carbonyl (C=O) groups is 1. The van der Waals surface area contributed by atoms with Gasteiger partial charge in [0.1, 0.15) is 6.54 Å². The number of nitrogens with one attached hydrogen (secondary N) is 1. The molecule has 1 heterocycles. The molecule has 0 saturated carbocycles. The summed E-state index contributed by atoms with van der Waals surface area (Å²) in [5.74, 6) is 9.76. The Morgan fingerprint density at radius 2 is 2.08 bits per heavy atom. The SMILES string of the molecule is N/N=C(/c1nonc1N)N(N)CC(=O)Nc1cccc(C(F)(F)F)c1. The lowest BCUT2D eigenvalue weighted by Gasteiger charge is -2.18. The number of halogens is 3. The zero-order chi connectivity index (χ0) is 18.6. The van der Waals surface area contributed by atoms with Crippen molar-refractivity contribution in [2.24, 2.45) is 16.8 Å². The normalized spacial score (nSPS) is 12.1. The number of amides is 1. The average Bonchev–Trinajstić information content (AvgIpc) is 2.93. The number of carbonyl (C=O) groups excluding carboxylic acids is 1. The summed E-state index contributed by atoms with van der Waals surface area (Å²) in [6.07, 6.45) is -4.53. The van der Waals surface area contributed by atoms with Crippen molar-refractivity contribution in [3.05, 3.63) is 35.5 Å². The Bertz CT molecular complexity index is 789. The maximum Gasteiger partial charge on any atom is 0.416 e. The highest BCUT2D eigenvalue weighted by Crippen LogP contribution is 2.30. The number of hydrazine groups is 1. The molecule has 0 aliphatic carbocycles. The maximum atomic E-state index is 12.7. The molecule has 2 aromatic rings. The molecule has 2 rings (SSSR count). The third kappa shape index (κ3) is 4.35. The van der Waals surface area contributed by atoms with Crippen LogP contribution < -0.4 is 22.7 Å². The van der Waals surface area contributed by atoms with Crippen molar-refractivity contribution in [2.75, 3.05) is 17.6 Å². The molecule has 1 amide bonds. The van der Waals surface area contributed by atoms with Crippen LogP contribution in [-0.4, -0.2) is 33.6 Å². The number of anilines is 2. The van der Waals surface area contributed by atoms with Crippen LogP contribution >= 0.6 is 0 Å². The molecule has 134 valence electrons. The van der Waals surface area contributed by atoms with E-state index in [1.165, 1.54) is 6.07 Å². The fraction of sp³-hybridized carbons (Fsp3) is 0.167. The van der Waals surface area contributed by atoms with E-state index in [1.807, 2.05) is 0 Å². The first kappa shape index (κ1) is 18.0. The highest BCUT2D eigenvalue weighted by atomic mass is 19.4. The summed E-state index contributed by atoms with van der Waals surface area (Å²) in [6, 6.07) is 4.12. The minimum absolute atomic E-state index is 0.0536. The number of rotatable bonds is 4. The molecule has 0 unspecified atom stereocenters. The van der Waals surface area contributed by atoms with E-state index in [1.54, 1.807) is 0 Å². The van der Waals surface area contributed by atoms with Gasteiger partial charge in [0.25, 0.3) is 0 Å². The van der Waals surface area contributed by atoms with Crippen molar-refractivity contribution in [1.82, 2.24) is 15.3 Å². The predicted octanol–water partition coefficient (Wildman–Crippen LogP) is 0.105. The minimum Gasteiger partial charge on any atom is -0.379 e. The summed E-state index contributed by atoms with van der Waals surface area (Å²) in [5.41, 5.74) is 4.43. The predicted molar refractivity (Wildman–Crippen MR) is 80.4 cm³/mol. The Morgan fingerprint density at radius 1 is 1.36 bits per heavy atom. The second kappa shape index (κ2) is 7.04. The zero-order valence-electron chi connectivity index (χ0n) is 12.5. The van der Waals surface area contributed by atoms with Gasteiger partial charge in [-0.15, -0.1) is 0 Å². The highest BCUT2D eigenvalue weighted by Gasteiger charge is 2.30. The largest absolute Gasteiger partial charge is 0.416 e. The third-order valence-corrected chi connectivity index (χ3v) is 2.91. The Morgan fingerprint density at radius 3 is 2.64 bits per heavy atom. The van der Waals surface area contributed by atoms with Gasteiger partial charge in [-0.25, -0.2) is 10.5 Å². The molecule has 0 bridgehead atoms. The molecular weight excluding hydrogens is 345 g/mol. The van der Waals surface area contributed by atoms with E-state index in [4.69, 9.17) is 17.4 Å². The first-order valence-corrected chi connectivity index (χ1v) is 6.58. The number of amidine groups is 1. The van der Waals surface area contributed by atoms with Gasteiger partial charge in [0.2, 0.25) is 5.91 Å². The van der Waals surface area contributed by atoms with Gasteiger partial charge < -0.3 is 16.9 Å². The van der Waals surface area contributed by atoms with Crippen LogP contribution in [0.4, 0.5) is 24.7 Å². The van der Waals surface area contributed by atoms with Crippen LogP contribution in [0.3, 0.4) is 0 Å². The van der Waals surface area contributed by atoms with E-state index in [2.05, 4.69) is 25.4 Å². The molecule has 0 atom stereocenters. The molecule has 0 fully saturated rings. The lowest BCUT2D eigenvalue weighted by Crippen LogP contribution is -2.44. The molecular formula is C12H13F3N8O2. The van der Waals surface area contributed by atoms with Gasteiger partial charge in [-0.05, 0) is 28.5 Å². The van der Waals surface area contributed by atoms with Gasteiger partial charge in [0.05, 0.1) is 5.56 Å². The summed E-state index contributed by atoms with van der Waals surface area (Å²) in [7, 11) is 0. The molecule has 0 saturated heterocycles. The molecule has 1 aromatic heterocycles. The maximum absolute atomic E-state index is 12.7. The average molecular weight is 358 g/mol. The number of aromatic nitrogens is 2. The van der Waals surface area contributed by atoms with Crippen LogP contribution in [0.2, 0.25) is 0 Å². The molecule has 1 aromatic carbocycles. The Balaban J connectivity index is 2.06. The summed E-state index contributed by atoms with van der Waals surface area (Å²) in [5, 5.41) is 13.2. The number of nitrogens with two attached hydrogens (primary N) is 3. The fourth-order valence-corrected chi connectivity index (χ4v) is 1.83. The van der Waals surface area contributed by atoms with Crippen molar-refractivity contribution in [3.8, 4) is 0 Å². The van der Waals surface area contributed by atoms with Crippen molar-refractivity contribution >= 4 is 23.2 Å². The minimum atomic E-state index is -4.53. The lowest BCUT2D eigenvalue weighted by atomic mass is 10.2. The van der Waals surface area contributed by atoms with Crippen LogP contribution in [0.15, 0.2) is 34.0 Å². The van der Waals surface area contributed by atoms with Gasteiger partial charge in [-0.2, -0.15) is 18.3 Å². The van der Waals surface area contributed by atoms with Crippen molar-refractivity contribution in [2.45, 2.75) is 6.18 Å². The second-order valence-corrected chi connectivity index (χ2v) is 4.71. The van der Waals surface area contributed by atoms with Gasteiger partial charge >= 0.3 is 6.18 Å². The van der Waals surface area contributed by atoms with Crippen molar-refractivity contribution in [3.63, 3.8) is 0 Å². The number of hydrogen-bond acceptors (Lipinski definition) is 8. The Labute approximate surface area is 138 Å². The van der Waals surface area contributed by atoms with Crippen molar-refractivity contribution < 1.29 is 22.6 Å². The zero-order valence-corrected chi connectivity index (χ0v) is 12.5. The first-order valence-electron chi connectivity index (χ1n) is 6.58. The Kier molecular flexibility index (Phi) is 5.07. The molecule has 13 heteroatoms. The van der Waals surface area contributed by atoms with Crippen LogP contribution in [-0.2, 0) is 11.0 Å². The number of hydrazone groups is 1. The molecule has 0 radical (unpaired) electrons. The molecule has 7 N–H and O–H groups in total. The summed E-state index contributed by atoms with van der Waals surface area (Å²) >= 11 is 0. The lowest BCUT2D eigenvalue weighted by molar-refractivity contribution is -0.137. The summed E-state index contributed by atoms with van der Waals surface area (Å²) in [4.78, 5) is 12.0. The van der Waals surface area contributed by atoms with E-state index < -0.39 is 24.2 Å². The fourth-order valence-electron chi connectivity index (χ4n) is 1.83. The monoisotopic (exact) mass is 358 g/mol. The van der Waals surface area contributed by atoms with E-state index in [0.29, 0.717) is 0 Å². The number of alkyl halides is 3. The topological polar surface area (TPSA) is 162 Å². The standard InChI is InChI=1S/C12H13F3N8O2/c13-12(14,15)6-2-1-3-7(4-6)19-8(24)5-23(18)11(20-17)9-10(16)22-25-21-9/h1-4H,5,17-18H2,(H2,16,22)(H,19,24)/b20-11-. The van der Waals surface area contributed by atoms with E-state index in [9.17, 15) is 18.0 Å². The van der Waals surface area contributed by atoms with Crippen LogP contribution in [0.25, 0.3) is 0 Å². The second-order valence-electron chi connectivity index (χ2n) is 4.71. The molecule has 0 spiro atoms. The van der Waals surface area contributed by atoms with E-state index in [0.717, 1.165) is 23.2 Å². The quantitative estimate of drug-likeness (QED) is 0.259. The molecule has 0 aliphatic rings. The van der Waals surface area contributed by atoms with Gasteiger partial charge in [-0.3, -0.25) is 9.80 Å². The Hall–Kier alpha value is -3.35. The first-order chi connectivity index (χ1) is 11.7. The smallest absolute Gasteiger partial charge is 0.379 e. The molecule has 10 nitrogen and oxygen atoms in total. The van der Waals surface area contributed by atoms with Crippen LogP contribution in [0.5, 0.6) is 0 Å². The van der Waals surface area contributed by atoms with E-state index in [-0.39, 0.29) is 23.0 Å². The summed E-state index contributed by atoms with van der Waals surface area (Å²) < 4.78 is 42.3. The number of hydrogen-bond donors (Lipinski definition) is 4. The molecule has 0 aliphatic heterocycles. The number of benzene rings is 1. The van der Waals surface area contributed by atoms with Crippen LogP contribution in [0.1, 0.15) is 11.3 Å². The molecule has 25 heavy (non-hydrogen) atoms. The number of nitrogens with zero attached hydrogens (tertiary/aromatic N) is 4. The van der Waals surface area contributed by atoms with Gasteiger partial charge in [0, 0.05) is 5.69 Å². The third-order valence-electron chi connectivity index (χ3n) is 2.91.